The summed E-state index contributed by atoms with van der Waals surface area (Å²) in [5.41, 5.74) is 0.560. The Balaban J connectivity index is 1.88. The summed E-state index contributed by atoms with van der Waals surface area (Å²) < 4.78 is 10.5. The maximum Gasteiger partial charge on any atom is 0.241 e. The van der Waals surface area contributed by atoms with Crippen molar-refractivity contribution < 1.29 is 19.4 Å². The number of benzene rings is 1. The first-order valence-electron chi connectivity index (χ1n) is 9.66. The molecule has 1 aromatic rings. The molecule has 1 aromatic carbocycles. The topological polar surface area (TPSA) is 77.5 Å². The summed E-state index contributed by atoms with van der Waals surface area (Å²) in [5, 5.41) is 13.3. The molecule has 2 N–H and O–H groups in total. The van der Waals surface area contributed by atoms with Crippen molar-refractivity contribution in [3.8, 4) is 11.5 Å². The normalized spacial score (nSPS) is 18.0. The fourth-order valence-electron chi connectivity index (χ4n) is 3.23. The second kappa shape index (κ2) is 10.6. The summed E-state index contributed by atoms with van der Waals surface area (Å²) >= 11 is 0. The second-order valence-corrected chi connectivity index (χ2v) is 7.43. The second-order valence-electron chi connectivity index (χ2n) is 7.43. The Kier molecular flexibility index (Phi) is 8.50. The highest BCUT2D eigenvalue weighted by molar-refractivity contribution is 5.96. The number of methoxy groups -OCH3 is 2. The lowest BCUT2D eigenvalue weighted by Gasteiger charge is -2.34. The van der Waals surface area contributed by atoms with E-state index in [9.17, 15) is 9.90 Å². The van der Waals surface area contributed by atoms with Gasteiger partial charge in [-0.15, -0.1) is 0 Å². The van der Waals surface area contributed by atoms with Crippen LogP contribution in [0.4, 0.5) is 5.69 Å². The molecule has 0 radical (unpaired) electrons. The van der Waals surface area contributed by atoms with Crippen molar-refractivity contribution >= 4 is 11.6 Å². The predicted octanol–water partition coefficient (Wildman–Crippen LogP) is 0.571. The van der Waals surface area contributed by atoms with E-state index in [-0.39, 0.29) is 5.91 Å². The van der Waals surface area contributed by atoms with Crippen LogP contribution in [0.2, 0.25) is 0 Å². The van der Waals surface area contributed by atoms with Gasteiger partial charge in [0.15, 0.2) is 0 Å². The number of nitrogens with one attached hydrogen (secondary N) is 1. The third-order valence-corrected chi connectivity index (χ3v) is 5.27. The van der Waals surface area contributed by atoms with Gasteiger partial charge in [-0.25, -0.2) is 0 Å². The summed E-state index contributed by atoms with van der Waals surface area (Å²) in [7, 11) is 7.09. The number of hydrogen-bond donors (Lipinski definition) is 2. The highest BCUT2D eigenvalue weighted by Gasteiger charge is 2.23. The zero-order valence-electron chi connectivity index (χ0n) is 17.6. The van der Waals surface area contributed by atoms with E-state index in [1.165, 1.54) is 0 Å². The van der Waals surface area contributed by atoms with Crippen molar-refractivity contribution in [3.05, 3.63) is 18.2 Å². The van der Waals surface area contributed by atoms with E-state index in [2.05, 4.69) is 22.2 Å². The van der Waals surface area contributed by atoms with Crippen LogP contribution in [0.25, 0.3) is 0 Å². The van der Waals surface area contributed by atoms with E-state index in [0.717, 1.165) is 26.2 Å². The van der Waals surface area contributed by atoms with Crippen LogP contribution in [0.5, 0.6) is 11.5 Å². The van der Waals surface area contributed by atoms with Crippen molar-refractivity contribution in [1.29, 1.82) is 0 Å². The number of amides is 1. The molecule has 1 aliphatic heterocycles. The lowest BCUT2D eigenvalue weighted by molar-refractivity contribution is -0.120. The molecule has 1 heterocycles. The fourth-order valence-corrected chi connectivity index (χ4v) is 3.23. The molecular weight excluding hydrogens is 360 g/mol. The Morgan fingerprint density at radius 2 is 1.93 bits per heavy atom. The van der Waals surface area contributed by atoms with Gasteiger partial charge in [0.1, 0.15) is 11.5 Å². The Morgan fingerprint density at radius 1 is 1.25 bits per heavy atom. The van der Waals surface area contributed by atoms with Crippen molar-refractivity contribution in [2.75, 3.05) is 72.9 Å². The van der Waals surface area contributed by atoms with Gasteiger partial charge in [-0.3, -0.25) is 14.6 Å². The van der Waals surface area contributed by atoms with Gasteiger partial charge in [0.25, 0.3) is 0 Å². The van der Waals surface area contributed by atoms with Gasteiger partial charge in [0.05, 0.1) is 32.1 Å². The number of aliphatic hydroxyl groups is 1. The molecule has 1 fully saturated rings. The highest BCUT2D eigenvalue weighted by atomic mass is 16.5. The highest BCUT2D eigenvalue weighted by Crippen LogP contribution is 2.29. The minimum atomic E-state index is -0.505. The standard InChI is InChI=1S/C20H34N4O4/c1-15(20(26)21-18-12-17(27-4)6-7-19(18)28-5)23(3)13-16(25)14-24-10-8-22(2)9-11-24/h6-7,12,15-16,25H,8-11,13-14H2,1-5H3,(H,21,26). The number of aliphatic hydroxyl groups excluding tert-OH is 1. The molecule has 0 aliphatic carbocycles. The number of carbonyl (C=O) groups is 1. The Morgan fingerprint density at radius 3 is 2.54 bits per heavy atom. The summed E-state index contributed by atoms with van der Waals surface area (Å²) in [5.74, 6) is 1.04. The smallest absolute Gasteiger partial charge is 0.241 e. The summed E-state index contributed by atoms with van der Waals surface area (Å²) in [6.07, 6.45) is -0.505. The number of piperazine rings is 1. The molecule has 158 valence electrons. The van der Waals surface area contributed by atoms with E-state index >= 15 is 0 Å². The number of β-amino-alcohol motifs (C(OH)–C–C–N with tert-alkyl or cyclic N) is 1. The molecule has 0 bridgehead atoms. The SMILES string of the molecule is COc1ccc(OC)c(NC(=O)C(C)N(C)CC(O)CN2CCN(C)CC2)c1. The average Bonchev–Trinajstić information content (AvgIpc) is 2.68. The molecule has 8 heteroatoms. The van der Waals surface area contributed by atoms with Crippen LogP contribution >= 0.6 is 0 Å². The molecule has 28 heavy (non-hydrogen) atoms. The molecule has 1 saturated heterocycles. The maximum absolute atomic E-state index is 12.7. The Hall–Kier alpha value is -1.87. The van der Waals surface area contributed by atoms with Crippen molar-refractivity contribution in [3.63, 3.8) is 0 Å². The lowest BCUT2D eigenvalue weighted by Crippen LogP contribution is -2.50. The third kappa shape index (κ3) is 6.34. The van der Waals surface area contributed by atoms with Gasteiger partial charge in [-0.1, -0.05) is 0 Å². The van der Waals surface area contributed by atoms with E-state index in [1.54, 1.807) is 32.4 Å². The van der Waals surface area contributed by atoms with Gasteiger partial charge in [0.2, 0.25) is 5.91 Å². The third-order valence-electron chi connectivity index (χ3n) is 5.27. The number of carbonyl (C=O) groups excluding carboxylic acids is 1. The van der Waals surface area contributed by atoms with Crippen molar-refractivity contribution in [2.45, 2.75) is 19.1 Å². The molecule has 0 aromatic heterocycles. The first-order valence-corrected chi connectivity index (χ1v) is 9.66. The number of ether oxygens (including phenoxy) is 2. The molecule has 2 rings (SSSR count). The van der Waals surface area contributed by atoms with Gasteiger partial charge < -0.3 is 24.8 Å². The Bertz CT molecular complexity index is 635. The lowest BCUT2D eigenvalue weighted by atomic mass is 10.2. The predicted molar refractivity (Wildman–Crippen MR) is 110 cm³/mol. The van der Waals surface area contributed by atoms with Crippen molar-refractivity contribution in [2.24, 2.45) is 0 Å². The summed E-state index contributed by atoms with van der Waals surface area (Å²) in [4.78, 5) is 19.1. The van der Waals surface area contributed by atoms with Gasteiger partial charge in [0, 0.05) is 45.3 Å². The molecular formula is C20H34N4O4. The van der Waals surface area contributed by atoms with Crippen LogP contribution in [0.15, 0.2) is 18.2 Å². The number of nitrogens with zero attached hydrogens (tertiary/aromatic N) is 3. The molecule has 8 nitrogen and oxygen atoms in total. The largest absolute Gasteiger partial charge is 0.497 e. The quantitative estimate of drug-likeness (QED) is 0.634. The monoisotopic (exact) mass is 394 g/mol. The first kappa shape index (κ1) is 22.4. The summed E-state index contributed by atoms with van der Waals surface area (Å²) in [6.45, 7) is 6.83. The van der Waals surface area contributed by atoms with Crippen LogP contribution in [-0.4, -0.2) is 105 Å². The number of anilines is 1. The molecule has 0 saturated carbocycles. The number of likely N-dealkylation sites (N-methyl/N-ethyl adjacent to an activating group) is 2. The first-order chi connectivity index (χ1) is 13.3. The molecule has 1 aliphatic rings. The van der Waals surface area contributed by atoms with E-state index in [0.29, 0.717) is 30.3 Å². The maximum atomic E-state index is 12.7. The van der Waals surface area contributed by atoms with Crippen LogP contribution in [-0.2, 0) is 4.79 Å². The minimum absolute atomic E-state index is 0.166. The Labute approximate surface area is 168 Å². The summed E-state index contributed by atoms with van der Waals surface area (Å²) in [6, 6.07) is 4.85. The van der Waals surface area contributed by atoms with E-state index in [4.69, 9.17) is 9.47 Å². The molecule has 0 spiro atoms. The number of hydrogen-bond acceptors (Lipinski definition) is 7. The van der Waals surface area contributed by atoms with Crippen LogP contribution in [0.3, 0.4) is 0 Å². The zero-order chi connectivity index (χ0) is 20.7. The molecule has 1 amide bonds. The molecule has 2 unspecified atom stereocenters. The van der Waals surface area contributed by atoms with E-state index < -0.39 is 12.1 Å². The van der Waals surface area contributed by atoms with Crippen LogP contribution in [0.1, 0.15) is 6.92 Å². The van der Waals surface area contributed by atoms with Crippen molar-refractivity contribution in [1.82, 2.24) is 14.7 Å². The van der Waals surface area contributed by atoms with Gasteiger partial charge >= 0.3 is 0 Å². The van der Waals surface area contributed by atoms with Gasteiger partial charge in [-0.2, -0.15) is 0 Å². The molecule has 2 atom stereocenters. The zero-order valence-corrected chi connectivity index (χ0v) is 17.6. The van der Waals surface area contributed by atoms with Gasteiger partial charge in [-0.05, 0) is 33.2 Å². The fraction of sp³-hybridized carbons (Fsp3) is 0.650. The van der Waals surface area contributed by atoms with Crippen LogP contribution < -0.4 is 14.8 Å². The average molecular weight is 395 g/mol. The number of rotatable bonds is 9. The van der Waals surface area contributed by atoms with E-state index in [1.807, 2.05) is 18.9 Å². The van der Waals surface area contributed by atoms with Crippen LogP contribution in [0, 0.1) is 0 Å². The minimum Gasteiger partial charge on any atom is -0.497 e.